The Morgan fingerprint density at radius 3 is 2.91 bits per heavy atom. The molecule has 5 nitrogen and oxygen atoms in total. The first-order valence-corrected chi connectivity index (χ1v) is 7.90. The van der Waals surface area contributed by atoms with Crippen molar-refractivity contribution in [3.63, 3.8) is 0 Å². The molecule has 2 aromatic rings. The molecule has 1 fully saturated rings. The summed E-state index contributed by atoms with van der Waals surface area (Å²) in [6, 6.07) is 7.94. The highest BCUT2D eigenvalue weighted by atomic mass is 16.5. The first-order chi connectivity index (χ1) is 10.7. The fraction of sp³-hybridized carbons (Fsp3) is 0.471. The van der Waals surface area contributed by atoms with Gasteiger partial charge in [0.05, 0.1) is 6.54 Å². The number of aromatic nitrogens is 2. The summed E-state index contributed by atoms with van der Waals surface area (Å²) in [7, 11) is 0. The number of hydrogen-bond acceptors (Lipinski definition) is 4. The van der Waals surface area contributed by atoms with Crippen molar-refractivity contribution in [2.24, 2.45) is 5.92 Å². The Labute approximate surface area is 130 Å². The predicted octanol–water partition coefficient (Wildman–Crippen LogP) is 3.24. The number of aryl methyl sites for hydroxylation is 1. The van der Waals surface area contributed by atoms with E-state index in [4.69, 9.17) is 4.52 Å². The summed E-state index contributed by atoms with van der Waals surface area (Å²) in [5, 5.41) is 6.89. The third-order valence-corrected chi connectivity index (χ3v) is 4.13. The highest BCUT2D eigenvalue weighted by Gasteiger charge is 2.21. The van der Waals surface area contributed by atoms with E-state index in [1.54, 1.807) is 0 Å². The highest BCUT2D eigenvalue weighted by Crippen LogP contribution is 2.23. The molecule has 0 saturated heterocycles. The highest BCUT2D eigenvalue weighted by molar-refractivity contribution is 5.78. The molecule has 1 aromatic carbocycles. The van der Waals surface area contributed by atoms with Crippen molar-refractivity contribution in [1.29, 1.82) is 0 Å². The minimum absolute atomic E-state index is 0.106. The zero-order valence-corrected chi connectivity index (χ0v) is 12.8. The quantitative estimate of drug-likeness (QED) is 0.941. The van der Waals surface area contributed by atoms with E-state index in [1.165, 1.54) is 6.42 Å². The van der Waals surface area contributed by atoms with Crippen LogP contribution in [0.4, 0.5) is 0 Å². The topological polar surface area (TPSA) is 68.0 Å². The molecular weight excluding hydrogens is 278 g/mol. The van der Waals surface area contributed by atoms with Gasteiger partial charge in [0.2, 0.25) is 17.6 Å². The van der Waals surface area contributed by atoms with Gasteiger partial charge in [-0.2, -0.15) is 4.98 Å². The molecule has 0 radical (unpaired) electrons. The van der Waals surface area contributed by atoms with Gasteiger partial charge in [0, 0.05) is 11.5 Å². The van der Waals surface area contributed by atoms with Gasteiger partial charge in [0.25, 0.3) is 0 Å². The molecule has 1 amide bonds. The van der Waals surface area contributed by atoms with E-state index in [9.17, 15) is 4.79 Å². The second-order valence-corrected chi connectivity index (χ2v) is 5.93. The SMILES string of the molecule is Cc1cccc(-c2noc(CNC(=O)C3CCCCC3)n2)c1. The molecule has 1 aliphatic carbocycles. The molecule has 0 bridgehead atoms. The van der Waals surface area contributed by atoms with Crippen LogP contribution in [0, 0.1) is 12.8 Å². The van der Waals surface area contributed by atoms with E-state index >= 15 is 0 Å². The van der Waals surface area contributed by atoms with Crippen LogP contribution < -0.4 is 5.32 Å². The van der Waals surface area contributed by atoms with Crippen LogP contribution in [-0.2, 0) is 11.3 Å². The molecule has 1 aliphatic rings. The smallest absolute Gasteiger partial charge is 0.246 e. The van der Waals surface area contributed by atoms with Crippen LogP contribution in [0.3, 0.4) is 0 Å². The summed E-state index contributed by atoms with van der Waals surface area (Å²) in [6.45, 7) is 2.32. The predicted molar refractivity (Wildman–Crippen MR) is 82.9 cm³/mol. The number of carbonyl (C=O) groups is 1. The summed E-state index contributed by atoms with van der Waals surface area (Å²) in [5.74, 6) is 1.26. The van der Waals surface area contributed by atoms with E-state index in [0.29, 0.717) is 18.3 Å². The summed E-state index contributed by atoms with van der Waals surface area (Å²) in [6.07, 6.45) is 5.52. The van der Waals surface area contributed by atoms with Crippen molar-refractivity contribution < 1.29 is 9.32 Å². The van der Waals surface area contributed by atoms with Crippen LogP contribution in [0.2, 0.25) is 0 Å². The van der Waals surface area contributed by atoms with Gasteiger partial charge in [-0.05, 0) is 25.8 Å². The standard InChI is InChI=1S/C17H21N3O2/c1-12-6-5-9-14(10-12)16-19-15(22-20-16)11-18-17(21)13-7-3-2-4-8-13/h5-6,9-10,13H,2-4,7-8,11H2,1H3,(H,18,21). The maximum absolute atomic E-state index is 12.1. The zero-order valence-electron chi connectivity index (χ0n) is 12.8. The lowest BCUT2D eigenvalue weighted by Gasteiger charge is -2.20. The molecular formula is C17H21N3O2. The van der Waals surface area contributed by atoms with E-state index in [1.807, 2.05) is 31.2 Å². The average Bonchev–Trinajstić information content (AvgIpc) is 3.02. The number of nitrogens with zero attached hydrogens (tertiary/aromatic N) is 2. The van der Waals surface area contributed by atoms with E-state index in [2.05, 4.69) is 15.5 Å². The number of benzene rings is 1. The molecule has 0 atom stereocenters. The van der Waals surface area contributed by atoms with Crippen LogP contribution in [0.5, 0.6) is 0 Å². The van der Waals surface area contributed by atoms with Crippen LogP contribution in [0.25, 0.3) is 11.4 Å². The molecule has 5 heteroatoms. The third-order valence-electron chi connectivity index (χ3n) is 4.13. The van der Waals surface area contributed by atoms with Crippen molar-refractivity contribution in [2.75, 3.05) is 0 Å². The zero-order chi connectivity index (χ0) is 15.4. The molecule has 3 rings (SSSR count). The summed E-state index contributed by atoms with van der Waals surface area (Å²) < 4.78 is 5.22. The molecule has 0 aliphatic heterocycles. The van der Waals surface area contributed by atoms with Gasteiger partial charge < -0.3 is 9.84 Å². The lowest BCUT2D eigenvalue weighted by molar-refractivity contribution is -0.126. The van der Waals surface area contributed by atoms with Gasteiger partial charge in [0.15, 0.2) is 0 Å². The number of hydrogen-bond donors (Lipinski definition) is 1. The molecule has 1 N–H and O–H groups in total. The first kappa shape index (κ1) is 14.8. The summed E-state index contributed by atoms with van der Waals surface area (Å²) in [4.78, 5) is 16.4. The number of amides is 1. The van der Waals surface area contributed by atoms with Gasteiger partial charge in [-0.3, -0.25) is 4.79 Å². The number of carbonyl (C=O) groups excluding carboxylic acids is 1. The Bertz CT molecular complexity index is 645. The maximum atomic E-state index is 12.1. The minimum Gasteiger partial charge on any atom is -0.347 e. The van der Waals surface area contributed by atoms with Crippen molar-refractivity contribution in [3.8, 4) is 11.4 Å². The van der Waals surface area contributed by atoms with Crippen molar-refractivity contribution >= 4 is 5.91 Å². The van der Waals surface area contributed by atoms with Crippen LogP contribution in [-0.4, -0.2) is 16.0 Å². The molecule has 1 heterocycles. The van der Waals surface area contributed by atoms with E-state index < -0.39 is 0 Å². The second kappa shape index (κ2) is 6.73. The first-order valence-electron chi connectivity index (χ1n) is 7.90. The minimum atomic E-state index is 0.106. The molecule has 116 valence electrons. The largest absolute Gasteiger partial charge is 0.347 e. The summed E-state index contributed by atoms with van der Waals surface area (Å²) >= 11 is 0. The lowest BCUT2D eigenvalue weighted by Crippen LogP contribution is -2.31. The fourth-order valence-electron chi connectivity index (χ4n) is 2.90. The van der Waals surface area contributed by atoms with Gasteiger partial charge in [-0.25, -0.2) is 0 Å². The van der Waals surface area contributed by atoms with Gasteiger partial charge >= 0.3 is 0 Å². The van der Waals surface area contributed by atoms with Crippen LogP contribution >= 0.6 is 0 Å². The van der Waals surface area contributed by atoms with Crippen LogP contribution in [0.1, 0.15) is 43.6 Å². The normalized spacial score (nSPS) is 15.7. The fourth-order valence-corrected chi connectivity index (χ4v) is 2.90. The monoisotopic (exact) mass is 299 g/mol. The molecule has 1 aromatic heterocycles. The van der Waals surface area contributed by atoms with Crippen molar-refractivity contribution in [3.05, 3.63) is 35.7 Å². The van der Waals surface area contributed by atoms with Crippen molar-refractivity contribution in [1.82, 2.24) is 15.5 Å². The second-order valence-electron chi connectivity index (χ2n) is 5.93. The lowest BCUT2D eigenvalue weighted by atomic mass is 9.89. The van der Waals surface area contributed by atoms with Crippen molar-refractivity contribution in [2.45, 2.75) is 45.6 Å². The maximum Gasteiger partial charge on any atom is 0.246 e. The molecule has 0 spiro atoms. The Morgan fingerprint density at radius 2 is 2.14 bits per heavy atom. The average molecular weight is 299 g/mol. The van der Waals surface area contributed by atoms with Crippen LogP contribution in [0.15, 0.2) is 28.8 Å². The third kappa shape index (κ3) is 3.53. The Kier molecular flexibility index (Phi) is 4.51. The van der Waals surface area contributed by atoms with Gasteiger partial charge in [0.1, 0.15) is 0 Å². The Morgan fingerprint density at radius 1 is 1.32 bits per heavy atom. The van der Waals surface area contributed by atoms with E-state index in [0.717, 1.165) is 36.8 Å². The van der Waals surface area contributed by atoms with Gasteiger partial charge in [-0.15, -0.1) is 0 Å². The summed E-state index contributed by atoms with van der Waals surface area (Å²) in [5.41, 5.74) is 2.07. The number of nitrogens with one attached hydrogen (secondary N) is 1. The molecule has 0 unspecified atom stereocenters. The van der Waals surface area contributed by atoms with E-state index in [-0.39, 0.29) is 11.8 Å². The van der Waals surface area contributed by atoms with Gasteiger partial charge in [-0.1, -0.05) is 48.2 Å². The molecule has 1 saturated carbocycles. The molecule has 22 heavy (non-hydrogen) atoms. The number of rotatable bonds is 4. The Hall–Kier alpha value is -2.17. The Balaban J connectivity index is 1.59.